The highest BCUT2D eigenvalue weighted by Gasteiger charge is 2.44. The van der Waals surface area contributed by atoms with E-state index in [1.54, 1.807) is 0 Å². The summed E-state index contributed by atoms with van der Waals surface area (Å²) in [6.07, 6.45) is 6.47. The largest absolute Gasteiger partial charge is 0.465 e. The Hall–Kier alpha value is -0.650. The fourth-order valence-electron chi connectivity index (χ4n) is 3.70. The van der Waals surface area contributed by atoms with Crippen LogP contribution < -0.4 is 0 Å². The second-order valence-electron chi connectivity index (χ2n) is 6.50. The van der Waals surface area contributed by atoms with Gasteiger partial charge in [-0.25, -0.2) is 0 Å². The van der Waals surface area contributed by atoms with Gasteiger partial charge in [0.05, 0.1) is 18.8 Å². The summed E-state index contributed by atoms with van der Waals surface area (Å²) >= 11 is 0. The van der Waals surface area contributed by atoms with Gasteiger partial charge in [-0.2, -0.15) is 0 Å². The van der Waals surface area contributed by atoms with Gasteiger partial charge in [-0.05, 0) is 45.4 Å². The quantitative estimate of drug-likeness (QED) is 0.724. The molecule has 0 bridgehead atoms. The molecule has 0 N–H and O–H groups in total. The van der Waals surface area contributed by atoms with Crippen LogP contribution in [0.15, 0.2) is 0 Å². The monoisotopic (exact) mass is 297 g/mol. The third kappa shape index (κ3) is 3.76. The lowest BCUT2D eigenvalue weighted by Gasteiger charge is -2.46. The van der Waals surface area contributed by atoms with Crippen molar-refractivity contribution in [2.45, 2.75) is 63.1 Å². The van der Waals surface area contributed by atoms with E-state index in [4.69, 9.17) is 14.2 Å². The molecule has 21 heavy (non-hydrogen) atoms. The standard InChI is InChI=1S/C16H27NO4/c1-2-20-15(18)12-17(13-3-4-13)14-5-8-21-16(11-14)6-9-19-10-7-16/h13-14H,2-12H2,1H3. The van der Waals surface area contributed by atoms with E-state index in [1.807, 2.05) is 6.92 Å². The van der Waals surface area contributed by atoms with Crippen molar-refractivity contribution in [1.29, 1.82) is 0 Å². The lowest BCUT2D eigenvalue weighted by atomic mass is 9.83. The lowest BCUT2D eigenvalue weighted by Crippen LogP contribution is -2.52. The van der Waals surface area contributed by atoms with Crippen molar-refractivity contribution in [2.24, 2.45) is 0 Å². The van der Waals surface area contributed by atoms with Crippen LogP contribution in [0.4, 0.5) is 0 Å². The van der Waals surface area contributed by atoms with E-state index in [9.17, 15) is 4.79 Å². The molecule has 1 aliphatic carbocycles. The minimum absolute atomic E-state index is 0.0109. The van der Waals surface area contributed by atoms with E-state index < -0.39 is 0 Å². The second-order valence-corrected chi connectivity index (χ2v) is 6.50. The van der Waals surface area contributed by atoms with Crippen molar-refractivity contribution < 1.29 is 19.0 Å². The molecule has 0 aromatic carbocycles. The molecule has 2 aliphatic heterocycles. The maximum absolute atomic E-state index is 11.9. The number of esters is 1. The highest BCUT2D eigenvalue weighted by atomic mass is 16.5. The molecule has 1 unspecified atom stereocenters. The van der Waals surface area contributed by atoms with Crippen LogP contribution in [-0.2, 0) is 19.0 Å². The van der Waals surface area contributed by atoms with Crippen LogP contribution >= 0.6 is 0 Å². The average Bonchev–Trinajstić information content (AvgIpc) is 3.30. The molecule has 0 aromatic rings. The van der Waals surface area contributed by atoms with Crippen LogP contribution in [-0.4, -0.2) is 61.5 Å². The summed E-state index contributed by atoms with van der Waals surface area (Å²) in [5.41, 5.74) is -0.0109. The van der Waals surface area contributed by atoms with Gasteiger partial charge in [0, 0.05) is 31.9 Å². The molecule has 2 saturated heterocycles. The van der Waals surface area contributed by atoms with E-state index in [-0.39, 0.29) is 11.6 Å². The first-order valence-corrected chi connectivity index (χ1v) is 8.35. The molecule has 120 valence electrons. The van der Waals surface area contributed by atoms with Crippen LogP contribution in [0.1, 0.15) is 45.4 Å². The zero-order valence-electron chi connectivity index (χ0n) is 13.0. The smallest absolute Gasteiger partial charge is 0.320 e. The highest BCUT2D eigenvalue weighted by molar-refractivity contribution is 5.71. The Balaban J connectivity index is 1.63. The molecule has 3 aliphatic rings. The number of nitrogens with zero attached hydrogens (tertiary/aromatic N) is 1. The molecule has 2 heterocycles. The summed E-state index contributed by atoms with van der Waals surface area (Å²) in [5, 5.41) is 0. The molecular weight excluding hydrogens is 270 g/mol. The molecule has 1 saturated carbocycles. The first kappa shape index (κ1) is 15.3. The fourth-order valence-corrected chi connectivity index (χ4v) is 3.70. The van der Waals surface area contributed by atoms with E-state index in [0.717, 1.165) is 45.5 Å². The van der Waals surface area contributed by atoms with Gasteiger partial charge in [-0.3, -0.25) is 9.69 Å². The number of hydrogen-bond donors (Lipinski definition) is 0. The van der Waals surface area contributed by atoms with Gasteiger partial charge in [0.2, 0.25) is 0 Å². The summed E-state index contributed by atoms with van der Waals surface area (Å²) in [4.78, 5) is 14.3. The Kier molecular flexibility index (Phi) is 4.82. The maximum atomic E-state index is 11.9. The summed E-state index contributed by atoms with van der Waals surface area (Å²) in [6, 6.07) is 1.03. The van der Waals surface area contributed by atoms with Gasteiger partial charge in [-0.15, -0.1) is 0 Å². The van der Waals surface area contributed by atoms with Crippen LogP contribution in [0.25, 0.3) is 0 Å². The minimum Gasteiger partial charge on any atom is -0.465 e. The van der Waals surface area contributed by atoms with Crippen molar-refractivity contribution in [2.75, 3.05) is 33.0 Å². The maximum Gasteiger partial charge on any atom is 0.320 e. The van der Waals surface area contributed by atoms with Crippen molar-refractivity contribution in [1.82, 2.24) is 4.90 Å². The van der Waals surface area contributed by atoms with Gasteiger partial charge in [0.15, 0.2) is 0 Å². The van der Waals surface area contributed by atoms with Crippen molar-refractivity contribution in [3.63, 3.8) is 0 Å². The first-order chi connectivity index (χ1) is 10.2. The van der Waals surface area contributed by atoms with E-state index in [0.29, 0.717) is 25.2 Å². The normalized spacial score (nSPS) is 28.8. The van der Waals surface area contributed by atoms with E-state index in [1.165, 1.54) is 12.8 Å². The Morgan fingerprint density at radius 2 is 1.95 bits per heavy atom. The van der Waals surface area contributed by atoms with E-state index in [2.05, 4.69) is 4.90 Å². The Bertz CT molecular complexity index is 358. The Morgan fingerprint density at radius 1 is 1.19 bits per heavy atom. The van der Waals surface area contributed by atoms with Gasteiger partial charge < -0.3 is 14.2 Å². The molecule has 0 radical (unpaired) electrons. The van der Waals surface area contributed by atoms with Crippen molar-refractivity contribution in [3.8, 4) is 0 Å². The summed E-state index contributed by atoms with van der Waals surface area (Å²) in [6.45, 7) is 5.17. The summed E-state index contributed by atoms with van der Waals surface area (Å²) in [7, 11) is 0. The molecule has 0 amide bonds. The molecular formula is C16H27NO4. The van der Waals surface area contributed by atoms with Gasteiger partial charge in [0.1, 0.15) is 0 Å². The Morgan fingerprint density at radius 3 is 2.62 bits per heavy atom. The number of hydrogen-bond acceptors (Lipinski definition) is 5. The van der Waals surface area contributed by atoms with Crippen LogP contribution in [0.5, 0.6) is 0 Å². The third-order valence-corrected chi connectivity index (χ3v) is 4.97. The van der Waals surface area contributed by atoms with Crippen molar-refractivity contribution >= 4 is 5.97 Å². The SMILES string of the molecule is CCOC(=O)CN(C1CC1)C1CCOC2(CCOCC2)C1. The van der Waals surface area contributed by atoms with Crippen LogP contribution in [0.2, 0.25) is 0 Å². The minimum atomic E-state index is -0.0862. The van der Waals surface area contributed by atoms with E-state index >= 15 is 0 Å². The predicted octanol–water partition coefficient (Wildman–Crippen LogP) is 1.74. The zero-order valence-corrected chi connectivity index (χ0v) is 13.0. The van der Waals surface area contributed by atoms with Gasteiger partial charge in [-0.1, -0.05) is 0 Å². The number of ether oxygens (including phenoxy) is 3. The predicted molar refractivity (Wildman–Crippen MR) is 78.1 cm³/mol. The summed E-state index contributed by atoms with van der Waals surface area (Å²) in [5.74, 6) is -0.0862. The zero-order chi connectivity index (χ0) is 14.7. The highest BCUT2D eigenvalue weighted by Crippen LogP contribution is 2.39. The molecule has 0 aromatic heterocycles. The molecule has 3 fully saturated rings. The Labute approximate surface area is 126 Å². The molecule has 3 rings (SSSR count). The average molecular weight is 297 g/mol. The molecule has 5 nitrogen and oxygen atoms in total. The first-order valence-electron chi connectivity index (χ1n) is 8.35. The van der Waals surface area contributed by atoms with Gasteiger partial charge in [0.25, 0.3) is 0 Å². The molecule has 1 atom stereocenters. The third-order valence-electron chi connectivity index (χ3n) is 4.97. The van der Waals surface area contributed by atoms with Crippen LogP contribution in [0.3, 0.4) is 0 Å². The van der Waals surface area contributed by atoms with Crippen molar-refractivity contribution in [3.05, 3.63) is 0 Å². The fraction of sp³-hybridized carbons (Fsp3) is 0.938. The molecule has 5 heteroatoms. The second kappa shape index (κ2) is 6.63. The van der Waals surface area contributed by atoms with Gasteiger partial charge >= 0.3 is 5.97 Å². The molecule has 1 spiro atoms. The number of carbonyl (C=O) groups is 1. The topological polar surface area (TPSA) is 48.0 Å². The number of carbonyl (C=O) groups excluding carboxylic acids is 1. The number of rotatable bonds is 5. The lowest BCUT2D eigenvalue weighted by molar-refractivity contribution is -0.159. The van der Waals surface area contributed by atoms with Crippen LogP contribution in [0, 0.1) is 0 Å². The summed E-state index contributed by atoms with van der Waals surface area (Å²) < 4.78 is 16.7.